The zero-order chi connectivity index (χ0) is 7.49. The fourth-order valence-electron chi connectivity index (χ4n) is 0.732. The van der Waals surface area contributed by atoms with Crippen molar-refractivity contribution in [3.63, 3.8) is 0 Å². The Morgan fingerprint density at radius 2 is 1.90 bits per heavy atom. The second-order valence-electron chi connectivity index (χ2n) is 2.94. The van der Waals surface area contributed by atoms with Gasteiger partial charge in [0.05, 0.1) is 5.41 Å². The van der Waals surface area contributed by atoms with Crippen molar-refractivity contribution < 1.29 is 9.90 Å². The van der Waals surface area contributed by atoms with Gasteiger partial charge in [-0.05, 0) is 20.3 Å². The normalized spacial score (nSPS) is 10.3. The van der Waals surface area contributed by atoms with Crippen LogP contribution in [0.5, 0.6) is 0 Å². The average molecular weight is 258 g/mol. The molecule has 0 amide bonds. The molecule has 0 rings (SSSR count). The minimum absolute atomic E-state index is 0. The van der Waals surface area contributed by atoms with Crippen LogP contribution in [0.1, 0.15) is 33.6 Å². The van der Waals surface area contributed by atoms with E-state index in [2.05, 4.69) is 0 Å². The van der Waals surface area contributed by atoms with Crippen LogP contribution < -0.4 is 0 Å². The molecule has 0 bridgehead atoms. The fraction of sp³-hybridized carbons (Fsp3) is 0.857. The van der Waals surface area contributed by atoms with Crippen LogP contribution in [0.2, 0.25) is 0 Å². The summed E-state index contributed by atoms with van der Waals surface area (Å²) in [6.45, 7) is 5.49. The molecular weight excluding hydrogens is 243 g/mol. The van der Waals surface area contributed by atoms with Gasteiger partial charge in [-0.1, -0.05) is 13.3 Å². The molecule has 2 nitrogen and oxygen atoms in total. The van der Waals surface area contributed by atoms with Crippen molar-refractivity contribution in [2.75, 3.05) is 0 Å². The molecule has 0 heterocycles. The Morgan fingerprint density at radius 3 is 2.00 bits per heavy atom. The predicted molar refractivity (Wildman–Crippen MR) is 51.7 cm³/mol. The van der Waals surface area contributed by atoms with Gasteiger partial charge in [0.2, 0.25) is 0 Å². The lowest BCUT2D eigenvalue weighted by atomic mass is 9.88. The van der Waals surface area contributed by atoms with Crippen LogP contribution in [0.15, 0.2) is 0 Å². The minimum Gasteiger partial charge on any atom is -0.481 e. The molecule has 0 radical (unpaired) electrons. The van der Waals surface area contributed by atoms with Gasteiger partial charge in [-0.25, -0.2) is 0 Å². The van der Waals surface area contributed by atoms with Gasteiger partial charge < -0.3 is 5.11 Å². The van der Waals surface area contributed by atoms with Gasteiger partial charge in [0.15, 0.2) is 0 Å². The Labute approximate surface area is 79.0 Å². The highest BCUT2D eigenvalue weighted by molar-refractivity contribution is 14.0. The molecule has 0 saturated heterocycles. The highest BCUT2D eigenvalue weighted by Crippen LogP contribution is 2.21. The monoisotopic (exact) mass is 258 g/mol. The molecule has 0 aliphatic heterocycles. The second-order valence-corrected chi connectivity index (χ2v) is 2.94. The Kier molecular flexibility index (Phi) is 6.33. The number of aliphatic carboxylic acids is 1. The lowest BCUT2D eigenvalue weighted by Crippen LogP contribution is -2.22. The Morgan fingerprint density at radius 1 is 1.50 bits per heavy atom. The maximum Gasteiger partial charge on any atom is 0.309 e. The highest BCUT2D eigenvalue weighted by Gasteiger charge is 2.25. The smallest absolute Gasteiger partial charge is 0.309 e. The van der Waals surface area contributed by atoms with E-state index in [1.165, 1.54) is 0 Å². The molecular formula is C7H15IO2. The molecule has 0 unspecified atom stereocenters. The van der Waals surface area contributed by atoms with E-state index in [0.29, 0.717) is 0 Å². The summed E-state index contributed by atoms with van der Waals surface area (Å²) in [5.74, 6) is -0.704. The summed E-state index contributed by atoms with van der Waals surface area (Å²) in [5, 5.41) is 8.57. The molecule has 0 aliphatic carbocycles. The van der Waals surface area contributed by atoms with Crippen molar-refractivity contribution >= 4 is 29.9 Å². The molecule has 0 spiro atoms. The number of hydrogen-bond donors (Lipinski definition) is 1. The Bertz CT molecular complexity index is 110. The predicted octanol–water partition coefficient (Wildman–Crippen LogP) is 2.52. The van der Waals surface area contributed by atoms with Crippen LogP contribution in [0, 0.1) is 5.41 Å². The lowest BCUT2D eigenvalue weighted by Gasteiger charge is -2.16. The van der Waals surface area contributed by atoms with Gasteiger partial charge >= 0.3 is 5.97 Å². The molecule has 0 aliphatic rings. The van der Waals surface area contributed by atoms with Gasteiger partial charge in [-0.3, -0.25) is 4.79 Å². The van der Waals surface area contributed by atoms with Crippen molar-refractivity contribution in [3.8, 4) is 0 Å². The maximum atomic E-state index is 10.4. The molecule has 0 aromatic rings. The number of rotatable bonds is 3. The molecule has 0 aromatic heterocycles. The van der Waals surface area contributed by atoms with E-state index in [-0.39, 0.29) is 24.0 Å². The summed E-state index contributed by atoms with van der Waals surface area (Å²) in [6, 6.07) is 0. The molecule has 0 fully saturated rings. The topological polar surface area (TPSA) is 37.3 Å². The fourth-order valence-corrected chi connectivity index (χ4v) is 0.732. The van der Waals surface area contributed by atoms with Gasteiger partial charge in [0, 0.05) is 0 Å². The van der Waals surface area contributed by atoms with Gasteiger partial charge in [0.25, 0.3) is 0 Å². The first-order chi connectivity index (χ1) is 4.00. The number of hydrogen-bond acceptors (Lipinski definition) is 1. The summed E-state index contributed by atoms with van der Waals surface area (Å²) in [5.41, 5.74) is -0.533. The van der Waals surface area contributed by atoms with E-state index in [9.17, 15) is 4.79 Å². The highest BCUT2D eigenvalue weighted by atomic mass is 127. The summed E-state index contributed by atoms with van der Waals surface area (Å²) >= 11 is 0. The number of carboxylic acid groups (broad SMARTS) is 1. The van der Waals surface area contributed by atoms with Gasteiger partial charge in [-0.15, -0.1) is 24.0 Å². The zero-order valence-corrected chi connectivity index (χ0v) is 9.01. The molecule has 0 aromatic carbocycles. The van der Waals surface area contributed by atoms with Crippen molar-refractivity contribution in [2.24, 2.45) is 5.41 Å². The van der Waals surface area contributed by atoms with Crippen LogP contribution in [0.3, 0.4) is 0 Å². The van der Waals surface area contributed by atoms with Crippen molar-refractivity contribution in [1.82, 2.24) is 0 Å². The zero-order valence-electron chi connectivity index (χ0n) is 6.68. The molecule has 0 saturated carbocycles. The number of halogens is 1. The van der Waals surface area contributed by atoms with E-state index in [1.807, 2.05) is 6.92 Å². The van der Waals surface area contributed by atoms with E-state index >= 15 is 0 Å². The maximum absolute atomic E-state index is 10.4. The Hall–Kier alpha value is 0.200. The first-order valence-electron chi connectivity index (χ1n) is 3.24. The summed E-state index contributed by atoms with van der Waals surface area (Å²) < 4.78 is 0. The van der Waals surface area contributed by atoms with E-state index in [0.717, 1.165) is 12.8 Å². The second kappa shape index (κ2) is 4.93. The van der Waals surface area contributed by atoms with Crippen LogP contribution in [-0.4, -0.2) is 11.1 Å². The molecule has 0 atom stereocenters. The first-order valence-corrected chi connectivity index (χ1v) is 3.24. The molecule has 1 N–H and O–H groups in total. The van der Waals surface area contributed by atoms with Crippen molar-refractivity contribution in [2.45, 2.75) is 33.6 Å². The minimum atomic E-state index is -0.704. The molecule has 3 heteroatoms. The van der Waals surface area contributed by atoms with Crippen molar-refractivity contribution in [1.29, 1.82) is 0 Å². The average Bonchev–Trinajstić information content (AvgIpc) is 1.65. The first kappa shape index (κ1) is 12.8. The third kappa shape index (κ3) is 4.09. The van der Waals surface area contributed by atoms with Crippen molar-refractivity contribution in [3.05, 3.63) is 0 Å². The molecule has 62 valence electrons. The summed E-state index contributed by atoms with van der Waals surface area (Å²) in [6.07, 6.45) is 1.68. The lowest BCUT2D eigenvalue weighted by molar-refractivity contribution is -0.147. The standard InChI is InChI=1S/C7H14O2.HI/c1-4-5-7(2,3)6(8)9;/h4-5H2,1-3H3,(H,8,9);1H. The summed E-state index contributed by atoms with van der Waals surface area (Å²) in [4.78, 5) is 10.4. The Balaban J connectivity index is 0. The van der Waals surface area contributed by atoms with Crippen LogP contribution >= 0.6 is 24.0 Å². The van der Waals surface area contributed by atoms with E-state index in [4.69, 9.17) is 5.11 Å². The summed E-state index contributed by atoms with van der Waals surface area (Å²) in [7, 11) is 0. The SMILES string of the molecule is CCCC(C)(C)C(=O)O.I. The molecule has 10 heavy (non-hydrogen) atoms. The van der Waals surface area contributed by atoms with Gasteiger partial charge in [0.1, 0.15) is 0 Å². The quantitative estimate of drug-likeness (QED) is 0.790. The third-order valence-corrected chi connectivity index (χ3v) is 1.45. The largest absolute Gasteiger partial charge is 0.481 e. The van der Waals surface area contributed by atoms with E-state index < -0.39 is 11.4 Å². The number of carbonyl (C=O) groups is 1. The number of carboxylic acids is 1. The van der Waals surface area contributed by atoms with Gasteiger partial charge in [-0.2, -0.15) is 0 Å². The van der Waals surface area contributed by atoms with Crippen LogP contribution in [0.25, 0.3) is 0 Å². The van der Waals surface area contributed by atoms with E-state index in [1.54, 1.807) is 13.8 Å². The van der Waals surface area contributed by atoms with Crippen LogP contribution in [-0.2, 0) is 4.79 Å². The third-order valence-electron chi connectivity index (χ3n) is 1.45. The van der Waals surface area contributed by atoms with Crippen LogP contribution in [0.4, 0.5) is 0 Å².